The monoisotopic (exact) mass is 285 g/mol. The molecule has 2 rings (SSSR count). The molecule has 0 aliphatic heterocycles. The van der Waals surface area contributed by atoms with Gasteiger partial charge in [0.25, 0.3) is 0 Å². The van der Waals surface area contributed by atoms with Crippen molar-refractivity contribution in [3.8, 4) is 16.9 Å². The van der Waals surface area contributed by atoms with Crippen LogP contribution in [0.3, 0.4) is 0 Å². The first kappa shape index (κ1) is 15.0. The highest BCUT2D eigenvalue weighted by Crippen LogP contribution is 2.30. The van der Waals surface area contributed by atoms with Crippen LogP contribution >= 0.6 is 0 Å². The van der Waals surface area contributed by atoms with E-state index in [9.17, 15) is 4.79 Å². The SMILES string of the molecule is COc1ccc(-c2ccncc2)cc1NC(=O)CC(C)N. The lowest BCUT2D eigenvalue weighted by atomic mass is 10.1. The van der Waals surface area contributed by atoms with Crippen LogP contribution in [0.4, 0.5) is 5.69 Å². The van der Waals surface area contributed by atoms with Crippen LogP contribution in [0.2, 0.25) is 0 Å². The molecule has 1 heterocycles. The first-order valence-electron chi connectivity index (χ1n) is 6.74. The number of hydrogen-bond acceptors (Lipinski definition) is 4. The molecule has 5 nitrogen and oxygen atoms in total. The summed E-state index contributed by atoms with van der Waals surface area (Å²) in [5, 5.41) is 2.84. The number of carbonyl (C=O) groups is 1. The molecule has 0 saturated heterocycles. The van der Waals surface area contributed by atoms with Gasteiger partial charge >= 0.3 is 0 Å². The zero-order valence-electron chi connectivity index (χ0n) is 12.2. The molecular weight excluding hydrogens is 266 g/mol. The van der Waals surface area contributed by atoms with Crippen LogP contribution < -0.4 is 15.8 Å². The molecule has 21 heavy (non-hydrogen) atoms. The number of carbonyl (C=O) groups excluding carboxylic acids is 1. The average molecular weight is 285 g/mol. The Balaban J connectivity index is 2.28. The Bertz CT molecular complexity index is 612. The molecule has 2 aromatic rings. The molecule has 1 aromatic heterocycles. The van der Waals surface area contributed by atoms with E-state index in [1.54, 1.807) is 26.4 Å². The molecule has 1 aromatic carbocycles. The van der Waals surface area contributed by atoms with Gasteiger partial charge in [-0.15, -0.1) is 0 Å². The number of methoxy groups -OCH3 is 1. The molecule has 0 aliphatic rings. The highest BCUT2D eigenvalue weighted by Gasteiger charge is 2.11. The highest BCUT2D eigenvalue weighted by molar-refractivity contribution is 5.93. The predicted molar refractivity (Wildman–Crippen MR) is 83.1 cm³/mol. The van der Waals surface area contributed by atoms with Gasteiger partial charge in [-0.1, -0.05) is 6.07 Å². The largest absolute Gasteiger partial charge is 0.495 e. The van der Waals surface area contributed by atoms with Crippen molar-refractivity contribution in [3.05, 3.63) is 42.7 Å². The number of hydrogen-bond donors (Lipinski definition) is 2. The predicted octanol–water partition coefficient (Wildman–Crippen LogP) is 2.43. The Morgan fingerprint density at radius 3 is 2.62 bits per heavy atom. The number of benzene rings is 1. The van der Waals surface area contributed by atoms with Crippen LogP contribution in [0.15, 0.2) is 42.7 Å². The summed E-state index contributed by atoms with van der Waals surface area (Å²) < 4.78 is 5.28. The van der Waals surface area contributed by atoms with Gasteiger partial charge < -0.3 is 15.8 Å². The molecule has 0 radical (unpaired) electrons. The minimum atomic E-state index is -0.181. The second-order valence-corrected chi connectivity index (χ2v) is 4.88. The number of rotatable bonds is 5. The maximum atomic E-state index is 11.9. The van der Waals surface area contributed by atoms with Crippen LogP contribution in [0.5, 0.6) is 5.75 Å². The first-order valence-corrected chi connectivity index (χ1v) is 6.74. The Kier molecular flexibility index (Phi) is 4.90. The zero-order chi connectivity index (χ0) is 15.2. The minimum absolute atomic E-state index is 0.129. The normalized spacial score (nSPS) is 11.8. The summed E-state index contributed by atoms with van der Waals surface area (Å²) in [5.41, 5.74) is 8.28. The summed E-state index contributed by atoms with van der Waals surface area (Å²) in [6.45, 7) is 1.80. The summed E-state index contributed by atoms with van der Waals surface area (Å²) in [5.74, 6) is 0.487. The maximum absolute atomic E-state index is 11.9. The van der Waals surface area contributed by atoms with Crippen LogP contribution in [0, 0.1) is 0 Å². The van der Waals surface area contributed by atoms with Gasteiger partial charge in [-0.25, -0.2) is 0 Å². The summed E-state index contributed by atoms with van der Waals surface area (Å²) in [7, 11) is 1.57. The van der Waals surface area contributed by atoms with Crippen molar-refractivity contribution in [1.82, 2.24) is 4.98 Å². The standard InChI is InChI=1S/C16H19N3O2/c1-11(17)9-16(20)19-14-10-13(3-4-15(14)21-2)12-5-7-18-8-6-12/h3-8,10-11H,9,17H2,1-2H3,(H,19,20). The van der Waals surface area contributed by atoms with Crippen molar-refractivity contribution in [2.24, 2.45) is 5.73 Å². The van der Waals surface area contributed by atoms with E-state index in [1.807, 2.05) is 30.3 Å². The van der Waals surface area contributed by atoms with E-state index >= 15 is 0 Å². The first-order chi connectivity index (χ1) is 10.1. The van der Waals surface area contributed by atoms with E-state index in [0.29, 0.717) is 11.4 Å². The van der Waals surface area contributed by atoms with Gasteiger partial charge in [0.05, 0.1) is 12.8 Å². The topological polar surface area (TPSA) is 77.2 Å². The number of aromatic nitrogens is 1. The van der Waals surface area contributed by atoms with Crippen LogP contribution in [0.25, 0.3) is 11.1 Å². The van der Waals surface area contributed by atoms with Gasteiger partial charge in [-0.2, -0.15) is 0 Å². The number of amides is 1. The van der Waals surface area contributed by atoms with Crippen molar-refractivity contribution in [2.45, 2.75) is 19.4 Å². The molecule has 1 atom stereocenters. The molecule has 1 amide bonds. The van der Waals surface area contributed by atoms with E-state index in [-0.39, 0.29) is 18.4 Å². The smallest absolute Gasteiger partial charge is 0.226 e. The molecule has 0 bridgehead atoms. The molecule has 0 fully saturated rings. The quantitative estimate of drug-likeness (QED) is 0.884. The summed E-state index contributed by atoms with van der Waals surface area (Å²) in [4.78, 5) is 15.9. The van der Waals surface area contributed by atoms with Gasteiger partial charge in [-0.3, -0.25) is 9.78 Å². The third-order valence-corrected chi connectivity index (χ3v) is 2.99. The maximum Gasteiger partial charge on any atom is 0.226 e. The lowest BCUT2D eigenvalue weighted by Gasteiger charge is -2.13. The minimum Gasteiger partial charge on any atom is -0.495 e. The zero-order valence-corrected chi connectivity index (χ0v) is 12.2. The highest BCUT2D eigenvalue weighted by atomic mass is 16.5. The fourth-order valence-corrected chi connectivity index (χ4v) is 2.02. The number of ether oxygens (including phenoxy) is 1. The molecule has 1 unspecified atom stereocenters. The van der Waals surface area contributed by atoms with Gasteiger partial charge in [0.15, 0.2) is 0 Å². The van der Waals surface area contributed by atoms with Crippen molar-refractivity contribution < 1.29 is 9.53 Å². The van der Waals surface area contributed by atoms with Gasteiger partial charge in [0.1, 0.15) is 5.75 Å². The molecule has 0 spiro atoms. The molecule has 3 N–H and O–H groups in total. The van der Waals surface area contributed by atoms with Crippen LogP contribution in [0.1, 0.15) is 13.3 Å². The Labute approximate surface area is 124 Å². The Hall–Kier alpha value is -2.40. The van der Waals surface area contributed by atoms with Crippen LogP contribution in [-0.4, -0.2) is 24.0 Å². The van der Waals surface area contributed by atoms with E-state index in [1.165, 1.54) is 0 Å². The Morgan fingerprint density at radius 2 is 2.00 bits per heavy atom. The van der Waals surface area contributed by atoms with Gasteiger partial charge in [0.2, 0.25) is 5.91 Å². The molecule has 0 saturated carbocycles. The van der Waals surface area contributed by atoms with E-state index in [0.717, 1.165) is 11.1 Å². The summed E-state index contributed by atoms with van der Waals surface area (Å²) in [6, 6.07) is 9.30. The lowest BCUT2D eigenvalue weighted by Crippen LogP contribution is -2.24. The second kappa shape index (κ2) is 6.85. The second-order valence-electron chi connectivity index (χ2n) is 4.88. The Morgan fingerprint density at radius 1 is 1.29 bits per heavy atom. The van der Waals surface area contributed by atoms with Crippen molar-refractivity contribution in [1.29, 1.82) is 0 Å². The molecule has 5 heteroatoms. The van der Waals surface area contributed by atoms with E-state index < -0.39 is 0 Å². The van der Waals surface area contributed by atoms with Crippen molar-refractivity contribution >= 4 is 11.6 Å². The third-order valence-electron chi connectivity index (χ3n) is 2.99. The van der Waals surface area contributed by atoms with E-state index in [4.69, 9.17) is 10.5 Å². The molecular formula is C16H19N3O2. The lowest BCUT2D eigenvalue weighted by molar-refractivity contribution is -0.116. The molecule has 0 aliphatic carbocycles. The summed E-state index contributed by atoms with van der Waals surface area (Å²) in [6.07, 6.45) is 3.73. The molecule has 110 valence electrons. The average Bonchev–Trinajstić information content (AvgIpc) is 2.47. The number of nitrogens with two attached hydrogens (primary N) is 1. The van der Waals surface area contributed by atoms with Crippen LogP contribution in [-0.2, 0) is 4.79 Å². The number of pyridine rings is 1. The number of nitrogens with zero attached hydrogens (tertiary/aromatic N) is 1. The number of nitrogens with one attached hydrogen (secondary N) is 1. The van der Waals surface area contributed by atoms with E-state index in [2.05, 4.69) is 10.3 Å². The van der Waals surface area contributed by atoms with Crippen molar-refractivity contribution in [3.63, 3.8) is 0 Å². The van der Waals surface area contributed by atoms with Crippen molar-refractivity contribution in [2.75, 3.05) is 12.4 Å². The fraction of sp³-hybridized carbons (Fsp3) is 0.250. The van der Waals surface area contributed by atoms with Gasteiger partial charge in [-0.05, 0) is 42.3 Å². The number of anilines is 1. The third kappa shape index (κ3) is 4.03. The fourth-order valence-electron chi connectivity index (χ4n) is 2.02. The van der Waals surface area contributed by atoms with Gasteiger partial charge in [0, 0.05) is 24.9 Å². The summed E-state index contributed by atoms with van der Waals surface area (Å²) >= 11 is 0.